The van der Waals surface area contributed by atoms with Crippen LogP contribution in [-0.4, -0.2) is 55.2 Å². The van der Waals surface area contributed by atoms with Crippen LogP contribution in [0.25, 0.3) is 16.5 Å². The van der Waals surface area contributed by atoms with Gasteiger partial charge in [0.05, 0.1) is 41.3 Å². The van der Waals surface area contributed by atoms with Crippen molar-refractivity contribution in [3.63, 3.8) is 0 Å². The minimum Gasteiger partial charge on any atom is -0.464 e. The maximum absolute atomic E-state index is 13.0. The van der Waals surface area contributed by atoms with Gasteiger partial charge < -0.3 is 15.0 Å². The second-order valence-electron chi connectivity index (χ2n) is 7.94. The lowest BCUT2D eigenvalue weighted by Gasteiger charge is -2.10. The number of nitrogens with one attached hydrogen (secondary N) is 2. The van der Waals surface area contributed by atoms with E-state index in [0.717, 1.165) is 34.7 Å². The van der Waals surface area contributed by atoms with Crippen molar-refractivity contribution in [2.75, 3.05) is 13.7 Å². The first-order chi connectivity index (χ1) is 17.0. The molecule has 0 aliphatic heterocycles. The highest BCUT2D eigenvalue weighted by Crippen LogP contribution is 2.26. The number of carbonyl (C=O) groups is 2. The fourth-order valence-electron chi connectivity index (χ4n) is 3.61. The highest BCUT2D eigenvalue weighted by Gasteiger charge is 2.20. The molecule has 0 saturated carbocycles. The van der Waals surface area contributed by atoms with Crippen LogP contribution in [0.5, 0.6) is 0 Å². The Hall–Kier alpha value is -3.86. The van der Waals surface area contributed by atoms with Crippen LogP contribution in [-0.2, 0) is 17.6 Å². The monoisotopic (exact) mass is 493 g/mol. The number of rotatable bonds is 10. The summed E-state index contributed by atoms with van der Waals surface area (Å²) in [5.41, 5.74) is 3.38. The number of esters is 1. The number of aromatic amines is 1. The fourth-order valence-corrected chi connectivity index (χ4v) is 4.39. The summed E-state index contributed by atoms with van der Waals surface area (Å²) < 4.78 is 6.33. The smallest absolute Gasteiger partial charge is 0.356 e. The van der Waals surface area contributed by atoms with Crippen LogP contribution in [0.1, 0.15) is 57.7 Å². The Kier molecular flexibility index (Phi) is 7.66. The van der Waals surface area contributed by atoms with E-state index >= 15 is 0 Å². The van der Waals surface area contributed by atoms with Crippen molar-refractivity contribution in [3.05, 3.63) is 64.4 Å². The van der Waals surface area contributed by atoms with E-state index in [0.29, 0.717) is 36.7 Å². The molecule has 1 amide bonds. The number of methoxy groups -OCH3 is 1. The molecule has 4 aromatic rings. The Morgan fingerprint density at radius 1 is 1.20 bits per heavy atom. The van der Waals surface area contributed by atoms with Crippen LogP contribution >= 0.6 is 11.3 Å². The zero-order chi connectivity index (χ0) is 24.8. The SMILES string of the molecule is CCCCc1c(C(=O)NCCc2ncc(C(=O)OC)[nH]2)cnn1-c1ncc(C)c(-c2cccs2)n1. The summed E-state index contributed by atoms with van der Waals surface area (Å²) in [4.78, 5) is 42.0. The molecule has 10 nitrogen and oxygen atoms in total. The summed E-state index contributed by atoms with van der Waals surface area (Å²) >= 11 is 1.62. The molecule has 0 fully saturated rings. The second kappa shape index (κ2) is 11.0. The van der Waals surface area contributed by atoms with E-state index in [2.05, 4.69) is 37.0 Å². The van der Waals surface area contributed by atoms with Gasteiger partial charge in [-0.2, -0.15) is 5.10 Å². The lowest BCUT2D eigenvalue weighted by molar-refractivity contribution is 0.0594. The highest BCUT2D eigenvalue weighted by atomic mass is 32.1. The van der Waals surface area contributed by atoms with E-state index in [9.17, 15) is 9.59 Å². The van der Waals surface area contributed by atoms with E-state index in [-0.39, 0.29) is 11.6 Å². The lowest BCUT2D eigenvalue weighted by atomic mass is 10.1. The molecule has 0 bridgehead atoms. The maximum atomic E-state index is 13.0. The van der Waals surface area contributed by atoms with Crippen molar-refractivity contribution >= 4 is 23.2 Å². The number of nitrogens with zero attached hydrogens (tertiary/aromatic N) is 5. The molecule has 11 heteroatoms. The molecule has 0 aromatic carbocycles. The van der Waals surface area contributed by atoms with Gasteiger partial charge >= 0.3 is 5.97 Å². The van der Waals surface area contributed by atoms with Gasteiger partial charge in [0.1, 0.15) is 11.5 Å². The van der Waals surface area contributed by atoms with E-state index in [1.165, 1.54) is 13.3 Å². The Bertz CT molecular complexity index is 1310. The van der Waals surface area contributed by atoms with Gasteiger partial charge in [-0.1, -0.05) is 19.4 Å². The quantitative estimate of drug-likeness (QED) is 0.324. The zero-order valence-corrected chi connectivity index (χ0v) is 20.7. The van der Waals surface area contributed by atoms with Crippen LogP contribution in [0.3, 0.4) is 0 Å². The molecule has 0 aliphatic rings. The van der Waals surface area contributed by atoms with Crippen molar-refractivity contribution in [1.82, 2.24) is 35.0 Å². The summed E-state index contributed by atoms with van der Waals surface area (Å²) in [6.45, 7) is 4.42. The number of hydrogen-bond acceptors (Lipinski definition) is 8. The lowest BCUT2D eigenvalue weighted by Crippen LogP contribution is -2.27. The molecule has 2 N–H and O–H groups in total. The molecular weight excluding hydrogens is 466 g/mol. The Labute approximate surface area is 206 Å². The van der Waals surface area contributed by atoms with E-state index in [1.807, 2.05) is 24.4 Å². The molecule has 0 spiro atoms. The number of carbonyl (C=O) groups excluding carboxylic acids is 2. The maximum Gasteiger partial charge on any atom is 0.356 e. The van der Waals surface area contributed by atoms with E-state index < -0.39 is 5.97 Å². The van der Waals surface area contributed by atoms with Gasteiger partial charge in [-0.3, -0.25) is 4.79 Å². The average molecular weight is 494 g/mol. The minimum absolute atomic E-state index is 0.229. The molecule has 4 rings (SSSR count). The number of aryl methyl sites for hydroxylation is 1. The first-order valence-electron chi connectivity index (χ1n) is 11.4. The normalized spacial score (nSPS) is 10.9. The van der Waals surface area contributed by atoms with Crippen molar-refractivity contribution in [2.45, 2.75) is 39.5 Å². The van der Waals surface area contributed by atoms with E-state index in [1.54, 1.807) is 28.4 Å². The minimum atomic E-state index is -0.485. The zero-order valence-electron chi connectivity index (χ0n) is 19.9. The summed E-state index contributed by atoms with van der Waals surface area (Å²) in [6, 6.07) is 4.01. The predicted molar refractivity (Wildman–Crippen MR) is 132 cm³/mol. The summed E-state index contributed by atoms with van der Waals surface area (Å²) in [5, 5.41) is 9.40. The Morgan fingerprint density at radius 2 is 2.06 bits per heavy atom. The van der Waals surface area contributed by atoms with Gasteiger partial charge in [-0.05, 0) is 36.8 Å². The van der Waals surface area contributed by atoms with Crippen molar-refractivity contribution < 1.29 is 14.3 Å². The summed E-state index contributed by atoms with van der Waals surface area (Å²) in [7, 11) is 1.31. The Balaban J connectivity index is 1.52. The predicted octanol–water partition coefficient (Wildman–Crippen LogP) is 3.52. The number of thiophene rings is 1. The van der Waals surface area contributed by atoms with Crippen LogP contribution in [0, 0.1) is 6.92 Å². The summed E-state index contributed by atoms with van der Waals surface area (Å²) in [6.07, 6.45) is 7.76. The number of aromatic nitrogens is 6. The Morgan fingerprint density at radius 3 is 2.80 bits per heavy atom. The van der Waals surface area contributed by atoms with Gasteiger partial charge in [0.2, 0.25) is 0 Å². The number of ether oxygens (including phenoxy) is 1. The first kappa shape index (κ1) is 24.3. The molecule has 0 unspecified atom stereocenters. The topological polar surface area (TPSA) is 128 Å². The fraction of sp³-hybridized carbons (Fsp3) is 0.333. The van der Waals surface area contributed by atoms with Crippen LogP contribution in [0.4, 0.5) is 0 Å². The second-order valence-corrected chi connectivity index (χ2v) is 8.89. The first-order valence-corrected chi connectivity index (χ1v) is 12.2. The standard InChI is InChI=1S/C24H27N7O3S/c1-4-5-7-18-16(22(32)25-10-9-20-26-14-17(29-20)23(33)34-3)13-28-31(18)24-27-12-15(2)21(30-24)19-8-6-11-35-19/h6,8,11-14H,4-5,7,9-10H2,1-3H3,(H,25,32)(H,26,29). The number of imidazole rings is 1. The van der Waals surface area contributed by atoms with Crippen LogP contribution < -0.4 is 5.32 Å². The van der Waals surface area contributed by atoms with Gasteiger partial charge in [-0.25, -0.2) is 24.4 Å². The third-order valence-corrected chi connectivity index (χ3v) is 6.34. The third kappa shape index (κ3) is 5.46. The molecule has 0 aliphatic carbocycles. The van der Waals surface area contributed by atoms with E-state index in [4.69, 9.17) is 4.98 Å². The van der Waals surface area contributed by atoms with Crippen LogP contribution in [0.2, 0.25) is 0 Å². The largest absolute Gasteiger partial charge is 0.464 e. The number of H-pyrrole nitrogens is 1. The van der Waals surface area contributed by atoms with Gasteiger partial charge in [0, 0.05) is 19.2 Å². The highest BCUT2D eigenvalue weighted by molar-refractivity contribution is 7.13. The van der Waals surface area contributed by atoms with Gasteiger partial charge in [0.15, 0.2) is 0 Å². The molecule has 0 saturated heterocycles. The summed E-state index contributed by atoms with van der Waals surface area (Å²) in [5.74, 6) is 0.311. The van der Waals surface area contributed by atoms with Gasteiger partial charge in [0.25, 0.3) is 11.9 Å². The number of unbranched alkanes of at least 4 members (excludes halogenated alkanes) is 1. The number of amides is 1. The van der Waals surface area contributed by atoms with Crippen molar-refractivity contribution in [1.29, 1.82) is 0 Å². The molecule has 35 heavy (non-hydrogen) atoms. The molecule has 4 heterocycles. The molecule has 182 valence electrons. The van der Waals surface area contributed by atoms with Gasteiger partial charge in [-0.15, -0.1) is 11.3 Å². The molecular formula is C24H27N7O3S. The van der Waals surface area contributed by atoms with Crippen LogP contribution in [0.15, 0.2) is 36.1 Å². The third-order valence-electron chi connectivity index (χ3n) is 5.46. The average Bonchev–Trinajstić information content (AvgIpc) is 3.63. The molecule has 0 atom stereocenters. The molecule has 4 aromatic heterocycles. The molecule has 0 radical (unpaired) electrons. The number of hydrogen-bond donors (Lipinski definition) is 2. The van der Waals surface area contributed by atoms with Crippen molar-refractivity contribution in [3.8, 4) is 16.5 Å². The van der Waals surface area contributed by atoms with Crippen molar-refractivity contribution in [2.24, 2.45) is 0 Å².